The highest BCUT2D eigenvalue weighted by Crippen LogP contribution is 2.50. The second kappa shape index (κ2) is 8.33. The van der Waals surface area contributed by atoms with E-state index >= 15 is 0 Å². The van der Waals surface area contributed by atoms with Crippen molar-refractivity contribution >= 4 is 11.7 Å². The van der Waals surface area contributed by atoms with Crippen molar-refractivity contribution in [3.63, 3.8) is 0 Å². The van der Waals surface area contributed by atoms with Crippen molar-refractivity contribution in [2.45, 2.75) is 61.6 Å². The van der Waals surface area contributed by atoms with Gasteiger partial charge < -0.3 is 10.0 Å². The minimum atomic E-state index is -0.796. The van der Waals surface area contributed by atoms with Gasteiger partial charge in [0.15, 0.2) is 0 Å². The number of anilines is 1. The Morgan fingerprint density at radius 3 is 2.24 bits per heavy atom. The van der Waals surface area contributed by atoms with Crippen LogP contribution in [0.4, 0.5) is 10.5 Å². The van der Waals surface area contributed by atoms with Crippen molar-refractivity contribution in [2.75, 3.05) is 32.1 Å². The van der Waals surface area contributed by atoms with Crippen LogP contribution >= 0.6 is 0 Å². The molecule has 1 aromatic carbocycles. The van der Waals surface area contributed by atoms with Crippen LogP contribution in [-0.4, -0.2) is 69.2 Å². The summed E-state index contributed by atoms with van der Waals surface area (Å²) in [7, 11) is 4.28. The van der Waals surface area contributed by atoms with Gasteiger partial charge in [0.25, 0.3) is 0 Å². The molecule has 3 aliphatic rings. The number of carbonyl (C=O) groups is 1. The zero-order valence-corrected chi connectivity index (χ0v) is 19.9. The van der Waals surface area contributed by atoms with Gasteiger partial charge in [0.05, 0.1) is 42.3 Å². The number of nitrogens with zero attached hydrogens (tertiary/aromatic N) is 6. The summed E-state index contributed by atoms with van der Waals surface area (Å²) in [6.45, 7) is 0.898. The topological polar surface area (TPSA) is 96.6 Å². The van der Waals surface area contributed by atoms with E-state index in [2.05, 4.69) is 53.2 Å². The first kappa shape index (κ1) is 22.8. The number of aromatic nitrogens is 2. The zero-order valence-electron chi connectivity index (χ0n) is 19.9. The fourth-order valence-corrected chi connectivity index (χ4v) is 6.09. The Morgan fingerprint density at radius 1 is 1.06 bits per heavy atom. The standard InChI is InChI=1S/C26H32N6O2/c1-30(2)26(20-7-4-3-5-8-20)13-11-24(12-14-26)18-31(21-16-28-22(15-27)29-17-21)23(33)32(24)19-25(34)9-6-10-25/h3-5,7-8,16-17,34H,6,9-14,18-19H2,1-2H3/t24-,26-. The first-order chi connectivity index (χ1) is 16.3. The number of carbonyl (C=O) groups excluding carboxylic acids is 1. The molecule has 1 aliphatic heterocycles. The number of hydrogen-bond acceptors (Lipinski definition) is 6. The number of hydrogen-bond donors (Lipinski definition) is 1. The van der Waals surface area contributed by atoms with E-state index < -0.39 is 5.60 Å². The Kier molecular flexibility index (Phi) is 5.58. The molecule has 1 N–H and O–H groups in total. The maximum atomic E-state index is 13.7. The molecule has 2 saturated carbocycles. The quantitative estimate of drug-likeness (QED) is 0.736. The van der Waals surface area contributed by atoms with Gasteiger partial charge in [0.1, 0.15) is 6.07 Å². The molecule has 0 bridgehead atoms. The van der Waals surface area contributed by atoms with Crippen LogP contribution in [0.5, 0.6) is 0 Å². The third-order valence-corrected chi connectivity index (χ3v) is 8.45. The Hall–Kier alpha value is -3.02. The van der Waals surface area contributed by atoms with Gasteiger partial charge in [-0.25, -0.2) is 14.8 Å². The van der Waals surface area contributed by atoms with Crippen LogP contribution in [0.25, 0.3) is 0 Å². The lowest BCUT2D eigenvalue weighted by molar-refractivity contribution is -0.0725. The van der Waals surface area contributed by atoms with Crippen LogP contribution in [-0.2, 0) is 5.54 Å². The molecular weight excluding hydrogens is 428 g/mol. The molecule has 1 spiro atoms. The number of urea groups is 1. The maximum absolute atomic E-state index is 13.7. The lowest BCUT2D eigenvalue weighted by atomic mass is 9.67. The van der Waals surface area contributed by atoms with Crippen LogP contribution in [0.15, 0.2) is 42.7 Å². The summed E-state index contributed by atoms with van der Waals surface area (Å²) >= 11 is 0. The van der Waals surface area contributed by atoms with Gasteiger partial charge in [0.2, 0.25) is 5.82 Å². The first-order valence-corrected chi connectivity index (χ1v) is 12.1. The third kappa shape index (κ3) is 3.64. The highest BCUT2D eigenvalue weighted by atomic mass is 16.3. The van der Waals surface area contributed by atoms with Gasteiger partial charge in [-0.2, -0.15) is 5.26 Å². The van der Waals surface area contributed by atoms with E-state index in [1.54, 1.807) is 17.3 Å². The summed E-state index contributed by atoms with van der Waals surface area (Å²) in [5.74, 6) is 0.0852. The van der Waals surface area contributed by atoms with Crippen LogP contribution in [0.3, 0.4) is 0 Å². The van der Waals surface area contributed by atoms with Crippen molar-refractivity contribution in [2.24, 2.45) is 0 Å². The first-order valence-electron chi connectivity index (χ1n) is 12.1. The average molecular weight is 461 g/mol. The predicted molar refractivity (Wildman–Crippen MR) is 128 cm³/mol. The number of aliphatic hydroxyl groups is 1. The van der Waals surface area contributed by atoms with Gasteiger partial charge in [-0.1, -0.05) is 30.3 Å². The smallest absolute Gasteiger partial charge is 0.325 e. The summed E-state index contributed by atoms with van der Waals surface area (Å²) in [6, 6.07) is 12.5. The molecule has 2 amide bonds. The number of nitriles is 1. The minimum Gasteiger partial charge on any atom is -0.388 e. The van der Waals surface area contributed by atoms with Crippen LogP contribution in [0, 0.1) is 11.3 Å². The number of benzene rings is 1. The second-order valence-electron chi connectivity index (χ2n) is 10.4. The van der Waals surface area contributed by atoms with Crippen LogP contribution in [0.1, 0.15) is 56.3 Å². The van der Waals surface area contributed by atoms with Crippen molar-refractivity contribution in [1.29, 1.82) is 5.26 Å². The van der Waals surface area contributed by atoms with E-state index in [1.807, 2.05) is 17.0 Å². The van der Waals surface area contributed by atoms with E-state index in [0.717, 1.165) is 44.9 Å². The van der Waals surface area contributed by atoms with Gasteiger partial charge in [0, 0.05) is 5.54 Å². The summed E-state index contributed by atoms with van der Waals surface area (Å²) in [6.07, 6.45) is 9.09. The SMILES string of the molecule is CN(C)[C@]1(c2ccccc2)CC[C@@]2(CC1)CN(c1cnc(C#N)nc1)C(=O)N2CC1(O)CCC1. The molecular formula is C26H32N6O2. The number of rotatable bonds is 5. The lowest BCUT2D eigenvalue weighted by Gasteiger charge is -2.52. The third-order valence-electron chi connectivity index (χ3n) is 8.45. The van der Waals surface area contributed by atoms with E-state index in [0.29, 0.717) is 18.8 Å². The minimum absolute atomic E-state index is 0.0838. The molecule has 8 nitrogen and oxygen atoms in total. The fraction of sp³-hybridized carbons (Fsp3) is 0.538. The van der Waals surface area contributed by atoms with Crippen molar-refractivity contribution in [1.82, 2.24) is 19.8 Å². The Morgan fingerprint density at radius 2 is 1.71 bits per heavy atom. The molecule has 3 fully saturated rings. The van der Waals surface area contributed by atoms with E-state index in [-0.39, 0.29) is 22.9 Å². The van der Waals surface area contributed by atoms with Crippen molar-refractivity contribution in [3.8, 4) is 6.07 Å². The number of amides is 2. The summed E-state index contributed by atoms with van der Waals surface area (Å²) < 4.78 is 0. The molecule has 2 aliphatic carbocycles. The molecule has 1 saturated heterocycles. The predicted octanol–water partition coefficient (Wildman–Crippen LogP) is 3.28. The summed E-state index contributed by atoms with van der Waals surface area (Å²) in [5, 5.41) is 20.1. The molecule has 0 unspecified atom stereocenters. The molecule has 0 atom stereocenters. The second-order valence-corrected chi connectivity index (χ2v) is 10.4. The normalized spacial score (nSPS) is 28.3. The van der Waals surface area contributed by atoms with E-state index in [4.69, 9.17) is 5.26 Å². The van der Waals surface area contributed by atoms with E-state index in [1.165, 1.54) is 5.56 Å². The maximum Gasteiger partial charge on any atom is 0.325 e. The molecule has 8 heteroatoms. The summed E-state index contributed by atoms with van der Waals surface area (Å²) in [4.78, 5) is 27.9. The number of β-amino-alcohol motifs (C(OH)–C–C–N with tert-alkyl or cyclic N) is 1. The average Bonchev–Trinajstić information content (AvgIpc) is 3.10. The molecule has 5 rings (SSSR count). The largest absolute Gasteiger partial charge is 0.388 e. The highest BCUT2D eigenvalue weighted by Gasteiger charge is 2.56. The molecule has 1 aromatic heterocycles. The van der Waals surface area contributed by atoms with Crippen LogP contribution < -0.4 is 4.90 Å². The Balaban J connectivity index is 1.46. The molecule has 34 heavy (non-hydrogen) atoms. The van der Waals surface area contributed by atoms with Gasteiger partial charge in [-0.05, 0) is 64.6 Å². The fourth-order valence-electron chi connectivity index (χ4n) is 6.09. The summed E-state index contributed by atoms with van der Waals surface area (Å²) in [5.41, 5.74) is 0.666. The molecule has 2 heterocycles. The Bertz CT molecular complexity index is 1080. The van der Waals surface area contributed by atoms with Crippen molar-refractivity contribution in [3.05, 3.63) is 54.1 Å². The monoisotopic (exact) mass is 460 g/mol. The molecule has 2 aromatic rings. The zero-order chi connectivity index (χ0) is 24.0. The van der Waals surface area contributed by atoms with Crippen molar-refractivity contribution < 1.29 is 9.90 Å². The molecule has 178 valence electrons. The van der Waals surface area contributed by atoms with Gasteiger partial charge in [-0.15, -0.1) is 0 Å². The molecule has 0 radical (unpaired) electrons. The Labute approximate surface area is 200 Å². The van der Waals surface area contributed by atoms with E-state index in [9.17, 15) is 9.90 Å². The van der Waals surface area contributed by atoms with Crippen LogP contribution in [0.2, 0.25) is 0 Å². The van der Waals surface area contributed by atoms with Gasteiger partial charge in [-0.3, -0.25) is 9.80 Å². The van der Waals surface area contributed by atoms with Gasteiger partial charge >= 0.3 is 6.03 Å². The highest BCUT2D eigenvalue weighted by molar-refractivity contribution is 5.95. The lowest BCUT2D eigenvalue weighted by Crippen LogP contribution is -2.59.